The smallest absolute Gasteiger partial charge is 0.160 e. The molecule has 0 amide bonds. The van der Waals surface area contributed by atoms with Crippen LogP contribution in [0.3, 0.4) is 0 Å². The second-order valence-electron chi connectivity index (χ2n) is 5.78. The molecule has 0 saturated heterocycles. The summed E-state index contributed by atoms with van der Waals surface area (Å²) in [5.41, 5.74) is 9.30. The maximum atomic E-state index is 6.25. The van der Waals surface area contributed by atoms with Gasteiger partial charge in [0.15, 0.2) is 11.6 Å². The molecule has 0 aliphatic heterocycles. The summed E-state index contributed by atoms with van der Waals surface area (Å²) in [7, 11) is 0. The van der Waals surface area contributed by atoms with E-state index in [0.717, 1.165) is 22.3 Å². The van der Waals surface area contributed by atoms with Crippen molar-refractivity contribution < 1.29 is 0 Å². The van der Waals surface area contributed by atoms with E-state index >= 15 is 0 Å². The van der Waals surface area contributed by atoms with Crippen LogP contribution in [-0.2, 0) is 0 Å². The number of hydrogen-bond donors (Lipinski definition) is 3. The number of para-hydroxylation sites is 1. The van der Waals surface area contributed by atoms with Crippen LogP contribution < -0.4 is 16.4 Å². The largest absolute Gasteiger partial charge is 0.393 e. The van der Waals surface area contributed by atoms with Crippen LogP contribution in [0.5, 0.6) is 0 Å². The molecule has 4 aromatic rings. The molecule has 128 valence electrons. The summed E-state index contributed by atoms with van der Waals surface area (Å²) in [5.74, 6) is 1.66. The number of pyridine rings is 2. The maximum Gasteiger partial charge on any atom is 0.160 e. The summed E-state index contributed by atoms with van der Waals surface area (Å²) >= 11 is 0. The fourth-order valence-corrected chi connectivity index (χ4v) is 2.63. The van der Waals surface area contributed by atoms with Crippen molar-refractivity contribution in [2.75, 3.05) is 16.4 Å². The first-order valence-electron chi connectivity index (χ1n) is 8.12. The van der Waals surface area contributed by atoms with Crippen molar-refractivity contribution in [2.45, 2.75) is 6.92 Å². The van der Waals surface area contributed by atoms with Gasteiger partial charge in [0.2, 0.25) is 0 Å². The summed E-state index contributed by atoms with van der Waals surface area (Å²) in [5, 5.41) is 7.41. The molecule has 3 heterocycles. The topological polar surface area (TPSA) is 102 Å². The minimum atomic E-state index is 0.405. The van der Waals surface area contributed by atoms with Crippen LogP contribution in [0.15, 0.2) is 61.1 Å². The molecule has 4 rings (SSSR count). The number of nitrogens with one attached hydrogen (secondary N) is 2. The Morgan fingerprint density at radius 1 is 0.846 bits per heavy atom. The Balaban J connectivity index is 1.69. The van der Waals surface area contributed by atoms with Gasteiger partial charge in [0.1, 0.15) is 17.8 Å². The fraction of sp³-hybridized carbons (Fsp3) is 0.0526. The van der Waals surface area contributed by atoms with Crippen molar-refractivity contribution >= 4 is 39.7 Å². The Hall–Kier alpha value is -3.74. The van der Waals surface area contributed by atoms with Crippen LogP contribution in [0.2, 0.25) is 0 Å². The highest BCUT2D eigenvalue weighted by molar-refractivity contribution is 5.93. The average Bonchev–Trinajstić information content (AvgIpc) is 2.66. The van der Waals surface area contributed by atoms with Gasteiger partial charge in [0.05, 0.1) is 11.2 Å². The minimum Gasteiger partial charge on any atom is -0.393 e. The Kier molecular flexibility index (Phi) is 4.03. The van der Waals surface area contributed by atoms with Crippen molar-refractivity contribution in [3.63, 3.8) is 0 Å². The van der Waals surface area contributed by atoms with Crippen molar-refractivity contribution in [3.05, 3.63) is 66.7 Å². The third-order valence-electron chi connectivity index (χ3n) is 3.91. The monoisotopic (exact) mass is 343 g/mol. The number of nitrogen functional groups attached to an aromatic ring is 1. The zero-order chi connectivity index (χ0) is 17.9. The van der Waals surface area contributed by atoms with E-state index in [2.05, 4.69) is 30.6 Å². The molecule has 0 fully saturated rings. The standard InChI is InChI=1S/C19H17N7/c1-12-8-9-13-5-4-6-14(17(13)24-12)25-18-16(20)19(23-11-22-18)26-15-7-2-3-10-21-15/h2-11H,20H2,1H3,(H2,21,22,23,25,26). The van der Waals surface area contributed by atoms with E-state index in [9.17, 15) is 0 Å². The molecule has 4 N–H and O–H groups in total. The van der Waals surface area contributed by atoms with Gasteiger partial charge in [0.25, 0.3) is 0 Å². The zero-order valence-corrected chi connectivity index (χ0v) is 14.1. The van der Waals surface area contributed by atoms with Gasteiger partial charge in [-0.3, -0.25) is 4.98 Å². The molecule has 26 heavy (non-hydrogen) atoms. The lowest BCUT2D eigenvalue weighted by Crippen LogP contribution is -2.06. The first-order chi connectivity index (χ1) is 12.7. The van der Waals surface area contributed by atoms with Crippen LogP contribution in [0.4, 0.5) is 28.8 Å². The van der Waals surface area contributed by atoms with Crippen LogP contribution in [0.1, 0.15) is 5.69 Å². The predicted molar refractivity (Wildman–Crippen MR) is 104 cm³/mol. The highest BCUT2D eigenvalue weighted by Crippen LogP contribution is 2.30. The van der Waals surface area contributed by atoms with Gasteiger partial charge in [-0.05, 0) is 31.2 Å². The molecule has 0 saturated carbocycles. The SMILES string of the molecule is Cc1ccc2cccc(Nc3ncnc(Nc4ccccn4)c3N)c2n1. The van der Waals surface area contributed by atoms with Gasteiger partial charge >= 0.3 is 0 Å². The van der Waals surface area contributed by atoms with Gasteiger partial charge in [-0.15, -0.1) is 0 Å². The number of anilines is 5. The molecular weight excluding hydrogens is 326 g/mol. The molecule has 3 aromatic heterocycles. The first kappa shape index (κ1) is 15.8. The van der Waals surface area contributed by atoms with E-state index in [-0.39, 0.29) is 0 Å². The summed E-state index contributed by atoms with van der Waals surface area (Å²) in [6, 6.07) is 15.5. The van der Waals surface area contributed by atoms with Gasteiger partial charge in [-0.1, -0.05) is 24.3 Å². The number of rotatable bonds is 4. The van der Waals surface area contributed by atoms with Crippen molar-refractivity contribution in [2.24, 2.45) is 0 Å². The Labute approximate surface area is 150 Å². The normalized spacial score (nSPS) is 10.7. The van der Waals surface area contributed by atoms with Crippen molar-refractivity contribution in [1.82, 2.24) is 19.9 Å². The van der Waals surface area contributed by atoms with Crippen LogP contribution >= 0.6 is 0 Å². The molecule has 1 aromatic carbocycles. The number of benzene rings is 1. The molecule has 0 unspecified atom stereocenters. The third-order valence-corrected chi connectivity index (χ3v) is 3.91. The van der Waals surface area contributed by atoms with Gasteiger partial charge in [-0.2, -0.15) is 0 Å². The number of aromatic nitrogens is 4. The second kappa shape index (κ2) is 6.64. The van der Waals surface area contributed by atoms with Crippen LogP contribution in [-0.4, -0.2) is 19.9 Å². The lowest BCUT2D eigenvalue weighted by Gasteiger charge is -2.13. The average molecular weight is 343 g/mol. The number of nitrogens with two attached hydrogens (primary N) is 1. The van der Waals surface area contributed by atoms with Crippen LogP contribution in [0, 0.1) is 6.92 Å². The molecule has 0 aliphatic carbocycles. The molecule has 0 radical (unpaired) electrons. The Bertz CT molecular complexity index is 1060. The van der Waals surface area contributed by atoms with E-state index in [0.29, 0.717) is 23.1 Å². The molecule has 0 spiro atoms. The quantitative estimate of drug-likeness (QED) is 0.518. The number of aryl methyl sites for hydroxylation is 1. The summed E-state index contributed by atoms with van der Waals surface area (Å²) < 4.78 is 0. The fourth-order valence-electron chi connectivity index (χ4n) is 2.63. The van der Waals surface area contributed by atoms with E-state index < -0.39 is 0 Å². The summed E-state index contributed by atoms with van der Waals surface area (Å²) in [6.07, 6.45) is 3.15. The van der Waals surface area contributed by atoms with Gasteiger partial charge in [-0.25, -0.2) is 15.0 Å². The van der Waals surface area contributed by atoms with Crippen molar-refractivity contribution in [3.8, 4) is 0 Å². The van der Waals surface area contributed by atoms with E-state index in [1.54, 1.807) is 6.20 Å². The predicted octanol–water partition coefficient (Wildman–Crippen LogP) is 3.80. The summed E-state index contributed by atoms with van der Waals surface area (Å²) in [6.45, 7) is 1.96. The first-order valence-corrected chi connectivity index (χ1v) is 8.12. The maximum absolute atomic E-state index is 6.25. The van der Waals surface area contributed by atoms with E-state index in [1.165, 1.54) is 6.33 Å². The number of hydrogen-bond acceptors (Lipinski definition) is 7. The molecule has 0 atom stereocenters. The van der Waals surface area contributed by atoms with Crippen LogP contribution in [0.25, 0.3) is 10.9 Å². The van der Waals surface area contributed by atoms with E-state index in [1.807, 2.05) is 55.5 Å². The van der Waals surface area contributed by atoms with Gasteiger partial charge < -0.3 is 16.4 Å². The number of fused-ring (bicyclic) bond motifs is 1. The highest BCUT2D eigenvalue weighted by atomic mass is 15.1. The lowest BCUT2D eigenvalue weighted by atomic mass is 10.1. The summed E-state index contributed by atoms with van der Waals surface area (Å²) in [4.78, 5) is 17.3. The molecule has 7 nitrogen and oxygen atoms in total. The zero-order valence-electron chi connectivity index (χ0n) is 14.1. The van der Waals surface area contributed by atoms with Gasteiger partial charge in [0, 0.05) is 17.3 Å². The Morgan fingerprint density at radius 3 is 2.50 bits per heavy atom. The molecule has 0 bridgehead atoms. The third kappa shape index (κ3) is 3.10. The molecule has 7 heteroatoms. The molecular formula is C19H17N7. The Morgan fingerprint density at radius 2 is 1.69 bits per heavy atom. The lowest BCUT2D eigenvalue weighted by molar-refractivity contribution is 1.16. The molecule has 0 aliphatic rings. The van der Waals surface area contributed by atoms with E-state index in [4.69, 9.17) is 5.73 Å². The van der Waals surface area contributed by atoms with Crippen molar-refractivity contribution in [1.29, 1.82) is 0 Å². The minimum absolute atomic E-state index is 0.405. The number of nitrogens with zero attached hydrogens (tertiary/aromatic N) is 4. The highest BCUT2D eigenvalue weighted by Gasteiger charge is 2.11. The second-order valence-corrected chi connectivity index (χ2v) is 5.78.